The first-order valence-corrected chi connectivity index (χ1v) is 20.5. The van der Waals surface area contributed by atoms with Crippen molar-refractivity contribution in [3.05, 3.63) is 24.3 Å². The highest BCUT2D eigenvalue weighted by Gasteiger charge is 2.68. The fraction of sp³-hybridized carbons (Fsp3) is 0.854. The minimum atomic E-state index is -4.95. The molecule has 9 fully saturated rings. The average Bonchev–Trinajstić information content (AvgIpc) is 3.84. The number of carbonyl (C=O) groups is 2. The summed E-state index contributed by atoms with van der Waals surface area (Å²) < 4.78 is 95.9. The van der Waals surface area contributed by atoms with Crippen LogP contribution < -0.4 is 0 Å². The number of carbonyl (C=O) groups excluding carboxylic acids is 2. The van der Waals surface area contributed by atoms with Crippen LogP contribution in [0.25, 0.3) is 0 Å². The molecule has 14 heteroatoms. The van der Waals surface area contributed by atoms with Crippen LogP contribution in [0.2, 0.25) is 0 Å². The van der Waals surface area contributed by atoms with Crippen LogP contribution >= 0.6 is 0 Å². The minimum Gasteiger partial charge on any atom is -0.378 e. The standard InChI is InChI=1S/C41H57F3O11/c1-6-28-22(4)20(2)13-25(49-28)7-9-29-21(3)14-27(50-29)11-12-40-18-32-36(54-40)37-38(53-32)39(55-40)35-30(52-37)10-8-26(51-35)16-24(45)15-23-19-48-31(34(23)47-5)17-33(46)41(42,43)44/h20,23,25-32,34-39H,3-4,6-19H2,1-2,5H3. The van der Waals surface area contributed by atoms with E-state index in [1.165, 1.54) is 12.7 Å². The summed E-state index contributed by atoms with van der Waals surface area (Å²) >= 11 is 0. The second-order valence-electron chi connectivity index (χ2n) is 17.4. The van der Waals surface area contributed by atoms with E-state index in [4.69, 9.17) is 42.6 Å². The molecule has 9 aliphatic rings. The van der Waals surface area contributed by atoms with Crippen molar-refractivity contribution < 1.29 is 65.4 Å². The average molecular weight is 783 g/mol. The van der Waals surface area contributed by atoms with Gasteiger partial charge in [-0.3, -0.25) is 9.59 Å². The Morgan fingerprint density at radius 2 is 1.58 bits per heavy atom. The van der Waals surface area contributed by atoms with Crippen LogP contribution in [0.5, 0.6) is 0 Å². The molecule has 0 saturated carbocycles. The number of halogens is 3. The number of ketones is 2. The van der Waals surface area contributed by atoms with E-state index in [0.717, 1.165) is 44.1 Å². The third-order valence-electron chi connectivity index (χ3n) is 13.6. The van der Waals surface area contributed by atoms with Gasteiger partial charge in [0, 0.05) is 45.1 Å². The van der Waals surface area contributed by atoms with Crippen LogP contribution in [0.4, 0.5) is 13.2 Å². The minimum absolute atomic E-state index is 0.000279. The monoisotopic (exact) mass is 782 g/mol. The van der Waals surface area contributed by atoms with Crippen LogP contribution in [-0.4, -0.2) is 123 Å². The van der Waals surface area contributed by atoms with Gasteiger partial charge in [0.25, 0.3) is 0 Å². The summed E-state index contributed by atoms with van der Waals surface area (Å²) in [5.74, 6) is -2.84. The molecule has 0 aromatic heterocycles. The molecule has 0 N–H and O–H groups in total. The number of hydrogen-bond acceptors (Lipinski definition) is 11. The highest BCUT2D eigenvalue weighted by Crippen LogP contribution is 2.54. The summed E-state index contributed by atoms with van der Waals surface area (Å²) in [6, 6.07) is 0. The molecule has 0 amide bonds. The Morgan fingerprint density at radius 3 is 2.35 bits per heavy atom. The van der Waals surface area contributed by atoms with E-state index in [-0.39, 0.29) is 86.3 Å². The Labute approximate surface area is 321 Å². The molecular formula is C41H57F3O11. The molecule has 17 unspecified atom stereocenters. The van der Waals surface area contributed by atoms with Gasteiger partial charge < -0.3 is 42.6 Å². The quantitative estimate of drug-likeness (QED) is 0.197. The summed E-state index contributed by atoms with van der Waals surface area (Å²) in [5, 5.41) is 0. The second-order valence-corrected chi connectivity index (χ2v) is 17.4. The number of rotatable bonds is 14. The number of methoxy groups -OCH3 is 1. The van der Waals surface area contributed by atoms with Gasteiger partial charge in [-0.1, -0.05) is 27.0 Å². The highest BCUT2D eigenvalue weighted by atomic mass is 19.4. The predicted molar refractivity (Wildman–Crippen MR) is 189 cm³/mol. The van der Waals surface area contributed by atoms with Gasteiger partial charge in [0.1, 0.15) is 36.3 Å². The molecule has 9 saturated heterocycles. The summed E-state index contributed by atoms with van der Waals surface area (Å²) in [5.41, 5.74) is 2.32. The molecule has 0 aliphatic carbocycles. The number of ether oxygens (including phenoxy) is 9. The van der Waals surface area contributed by atoms with Crippen LogP contribution in [0.15, 0.2) is 24.3 Å². The summed E-state index contributed by atoms with van der Waals surface area (Å²) in [4.78, 5) is 24.9. The fourth-order valence-corrected chi connectivity index (χ4v) is 10.7. The van der Waals surface area contributed by atoms with Gasteiger partial charge >= 0.3 is 6.18 Å². The van der Waals surface area contributed by atoms with Crippen LogP contribution in [0, 0.1) is 11.8 Å². The topological polar surface area (TPSA) is 117 Å². The van der Waals surface area contributed by atoms with E-state index in [0.29, 0.717) is 31.6 Å². The molecule has 0 aromatic rings. The van der Waals surface area contributed by atoms with Crippen LogP contribution in [0.1, 0.15) is 97.3 Å². The highest BCUT2D eigenvalue weighted by molar-refractivity contribution is 5.84. The Kier molecular flexibility index (Phi) is 11.5. The molecule has 9 aliphatic heterocycles. The first-order chi connectivity index (χ1) is 26.2. The van der Waals surface area contributed by atoms with E-state index in [9.17, 15) is 22.8 Å². The summed E-state index contributed by atoms with van der Waals surface area (Å²) in [7, 11) is 1.36. The fourth-order valence-electron chi connectivity index (χ4n) is 10.7. The molecule has 11 nitrogen and oxygen atoms in total. The zero-order valence-electron chi connectivity index (χ0n) is 32.2. The maximum atomic E-state index is 13.3. The molecule has 0 spiro atoms. The Morgan fingerprint density at radius 1 is 0.836 bits per heavy atom. The zero-order chi connectivity index (χ0) is 38.8. The lowest BCUT2D eigenvalue weighted by atomic mass is 9.86. The Balaban J connectivity index is 0.845. The van der Waals surface area contributed by atoms with Crippen LogP contribution in [0.3, 0.4) is 0 Å². The van der Waals surface area contributed by atoms with Crippen molar-refractivity contribution in [2.24, 2.45) is 11.8 Å². The largest absolute Gasteiger partial charge is 0.450 e. The van der Waals surface area contributed by atoms with E-state index in [1.807, 2.05) is 0 Å². The number of hydrogen-bond donors (Lipinski definition) is 0. The van der Waals surface area contributed by atoms with Crippen molar-refractivity contribution in [3.63, 3.8) is 0 Å². The van der Waals surface area contributed by atoms with Gasteiger partial charge in [-0.25, -0.2) is 0 Å². The van der Waals surface area contributed by atoms with Crippen molar-refractivity contribution >= 4 is 11.6 Å². The van der Waals surface area contributed by atoms with Crippen molar-refractivity contribution in [2.75, 3.05) is 13.7 Å². The maximum Gasteiger partial charge on any atom is 0.450 e. The predicted octanol–water partition coefficient (Wildman–Crippen LogP) is 5.89. The normalized spacial score (nSPS) is 46.3. The molecule has 0 radical (unpaired) electrons. The van der Waals surface area contributed by atoms with Crippen LogP contribution in [-0.2, 0) is 52.2 Å². The Hall–Kier alpha value is -1.75. The number of fused-ring (bicyclic) bond motifs is 1. The zero-order valence-corrected chi connectivity index (χ0v) is 32.2. The van der Waals surface area contributed by atoms with Gasteiger partial charge in [-0.2, -0.15) is 13.2 Å². The SMILES string of the molecule is C=C1CC(CCC23CC4OC5C(OC6CCC(CC(=O)CC7COC(CC(=O)C(F)(F)F)C7OC)OC6C5O2)C4O3)OC1CCC1CC(C)C(=C)C(CC)O1. The molecule has 9 rings (SSSR count). The molecule has 0 aromatic carbocycles. The van der Waals surface area contributed by atoms with Gasteiger partial charge in [-0.05, 0) is 68.4 Å². The lowest BCUT2D eigenvalue weighted by molar-refractivity contribution is -0.292. The molecule has 308 valence electrons. The van der Waals surface area contributed by atoms with Crippen molar-refractivity contribution in [3.8, 4) is 0 Å². The molecule has 6 bridgehead atoms. The van der Waals surface area contributed by atoms with E-state index >= 15 is 0 Å². The van der Waals surface area contributed by atoms with Gasteiger partial charge in [0.2, 0.25) is 5.78 Å². The van der Waals surface area contributed by atoms with Gasteiger partial charge in [-0.15, -0.1) is 0 Å². The lowest BCUT2D eigenvalue weighted by Crippen LogP contribution is -2.61. The first-order valence-electron chi connectivity index (χ1n) is 20.5. The second kappa shape index (κ2) is 15.8. The smallest absolute Gasteiger partial charge is 0.378 e. The van der Waals surface area contributed by atoms with E-state index in [2.05, 4.69) is 27.0 Å². The number of Topliss-reactive ketones (excluding diaryl/α,β-unsaturated/α-hetero) is 2. The number of alkyl halides is 3. The third-order valence-corrected chi connectivity index (χ3v) is 13.6. The third kappa shape index (κ3) is 8.02. The maximum absolute atomic E-state index is 13.3. The van der Waals surface area contributed by atoms with E-state index < -0.39 is 54.5 Å². The van der Waals surface area contributed by atoms with Crippen molar-refractivity contribution in [1.82, 2.24) is 0 Å². The summed E-state index contributed by atoms with van der Waals surface area (Å²) in [6.45, 7) is 13.1. The molecule has 9 heterocycles. The molecular weight excluding hydrogens is 725 g/mol. The van der Waals surface area contributed by atoms with Gasteiger partial charge in [0.05, 0.1) is 61.5 Å². The van der Waals surface area contributed by atoms with Crippen molar-refractivity contribution in [1.29, 1.82) is 0 Å². The molecule has 17 atom stereocenters. The first kappa shape index (κ1) is 40.0. The van der Waals surface area contributed by atoms with Crippen molar-refractivity contribution in [2.45, 2.75) is 195 Å². The summed E-state index contributed by atoms with van der Waals surface area (Å²) in [6.07, 6.45) is -1.77. The van der Waals surface area contributed by atoms with E-state index in [1.54, 1.807) is 0 Å². The van der Waals surface area contributed by atoms with Gasteiger partial charge in [0.15, 0.2) is 5.79 Å². The lowest BCUT2D eigenvalue weighted by Gasteiger charge is -2.47. The molecule has 55 heavy (non-hydrogen) atoms. The Bertz CT molecular complexity index is 1470.